The number of phenolic OH excluding ortho intramolecular Hbond substituents is 4. The van der Waals surface area contributed by atoms with E-state index in [1.807, 2.05) is 24.3 Å². The van der Waals surface area contributed by atoms with Gasteiger partial charge in [-0.3, -0.25) is 20.2 Å². The van der Waals surface area contributed by atoms with Gasteiger partial charge < -0.3 is 20.4 Å². The number of nitrogens with zero attached hydrogens (tertiary/aromatic N) is 6. The average Bonchev–Trinajstić information content (AvgIpc) is 3.05. The molecule has 0 bridgehead atoms. The molecular weight excluding hydrogens is 651 g/mol. The zero-order valence-electron chi connectivity index (χ0n) is 23.9. The molecule has 0 saturated carbocycles. The van der Waals surface area contributed by atoms with E-state index in [2.05, 4.69) is 20.5 Å². The van der Waals surface area contributed by atoms with Gasteiger partial charge in [0.05, 0.1) is 9.85 Å². The van der Waals surface area contributed by atoms with Gasteiger partial charge in [0, 0.05) is 52.1 Å². The molecule has 0 saturated heterocycles. The summed E-state index contributed by atoms with van der Waals surface area (Å²) in [5, 5.41) is 79.7. The summed E-state index contributed by atoms with van der Waals surface area (Å²) in [4.78, 5) is 20.4. The fourth-order valence-corrected chi connectivity index (χ4v) is 4.32. The number of non-ortho nitro benzene ring substituents is 2. The third-order valence-corrected chi connectivity index (χ3v) is 6.61. The summed E-state index contributed by atoms with van der Waals surface area (Å²) >= 11 is 0. The fourth-order valence-electron chi connectivity index (χ4n) is 4.32. The van der Waals surface area contributed by atoms with Crippen molar-refractivity contribution in [1.29, 1.82) is 0 Å². The number of fused-ring (bicyclic) bond motifs is 2. The molecule has 0 unspecified atom stereocenters. The zero-order chi connectivity index (χ0) is 32.8. The number of hydrogen-bond donors (Lipinski definition) is 4. The minimum absolute atomic E-state index is 0. The van der Waals surface area contributed by atoms with Gasteiger partial charge in [-0.05, 0) is 35.0 Å². The molecule has 4 N–H and O–H groups in total. The summed E-state index contributed by atoms with van der Waals surface area (Å²) in [7, 11) is 0. The van der Waals surface area contributed by atoms with Gasteiger partial charge in [-0.15, -0.1) is 20.5 Å². The third-order valence-electron chi connectivity index (χ3n) is 6.61. The first-order valence-corrected chi connectivity index (χ1v) is 13.3. The van der Waals surface area contributed by atoms with E-state index in [1.165, 1.54) is 36.4 Å². The molecule has 15 heteroatoms. The van der Waals surface area contributed by atoms with Crippen LogP contribution in [0.5, 0.6) is 23.0 Å². The van der Waals surface area contributed by atoms with E-state index in [1.54, 1.807) is 36.4 Å². The van der Waals surface area contributed by atoms with E-state index in [9.17, 15) is 40.7 Å². The van der Waals surface area contributed by atoms with Gasteiger partial charge in [0.2, 0.25) is 0 Å². The molecule has 0 heterocycles. The van der Waals surface area contributed by atoms with Crippen LogP contribution in [0.4, 0.5) is 34.1 Å². The molecule has 0 aliphatic heterocycles. The van der Waals surface area contributed by atoms with Crippen molar-refractivity contribution in [3.05, 3.63) is 129 Å². The predicted molar refractivity (Wildman–Crippen MR) is 169 cm³/mol. The summed E-state index contributed by atoms with van der Waals surface area (Å²) in [6.45, 7) is 0. The Kier molecular flexibility index (Phi) is 10.4. The maximum atomic E-state index is 10.8. The first-order valence-electron chi connectivity index (χ1n) is 13.3. The van der Waals surface area contributed by atoms with E-state index in [0.29, 0.717) is 10.8 Å². The van der Waals surface area contributed by atoms with Crippen molar-refractivity contribution in [2.75, 3.05) is 0 Å². The Morgan fingerprint density at radius 1 is 0.468 bits per heavy atom. The summed E-state index contributed by atoms with van der Waals surface area (Å²) in [5.74, 6) is -0.618. The molecule has 0 spiro atoms. The molecule has 6 rings (SSSR count). The fraction of sp³-hybridized carbons (Fsp3) is 0. The molecule has 0 aliphatic rings. The minimum Gasteiger partial charge on any atom is -0.506 e. The maximum Gasteiger partial charge on any atom is 0.271 e. The molecular formula is C32H22MnN6O8. The summed E-state index contributed by atoms with van der Waals surface area (Å²) in [6, 6.07) is 28.0. The van der Waals surface area contributed by atoms with E-state index in [0.717, 1.165) is 22.9 Å². The molecule has 0 amide bonds. The van der Waals surface area contributed by atoms with Gasteiger partial charge in [-0.1, -0.05) is 60.7 Å². The number of azo groups is 2. The molecule has 0 fully saturated rings. The van der Waals surface area contributed by atoms with Crippen molar-refractivity contribution < 1.29 is 47.3 Å². The second-order valence-electron chi connectivity index (χ2n) is 9.57. The van der Waals surface area contributed by atoms with Gasteiger partial charge in [0.15, 0.2) is 0 Å². The first-order chi connectivity index (χ1) is 22.1. The topological polar surface area (TPSA) is 217 Å². The van der Waals surface area contributed by atoms with Crippen molar-refractivity contribution in [3.63, 3.8) is 0 Å². The number of nitro benzene ring substituents is 2. The number of nitro groups is 2. The first kappa shape index (κ1) is 33.5. The third kappa shape index (κ3) is 7.62. The number of rotatable bonds is 6. The van der Waals surface area contributed by atoms with Crippen LogP contribution in [0, 0.1) is 20.2 Å². The van der Waals surface area contributed by atoms with Crippen LogP contribution >= 0.6 is 0 Å². The largest absolute Gasteiger partial charge is 0.506 e. The van der Waals surface area contributed by atoms with E-state index >= 15 is 0 Å². The number of phenols is 4. The van der Waals surface area contributed by atoms with Crippen molar-refractivity contribution in [2.45, 2.75) is 0 Å². The second kappa shape index (κ2) is 14.6. The van der Waals surface area contributed by atoms with Crippen LogP contribution in [0.3, 0.4) is 0 Å². The van der Waals surface area contributed by atoms with Gasteiger partial charge >= 0.3 is 0 Å². The smallest absolute Gasteiger partial charge is 0.271 e. The quantitative estimate of drug-likeness (QED) is 0.0577. The molecule has 1 radical (unpaired) electrons. The molecule has 47 heavy (non-hydrogen) atoms. The Morgan fingerprint density at radius 3 is 1.21 bits per heavy atom. The Bertz CT molecular complexity index is 2040. The molecule has 0 aliphatic carbocycles. The Balaban J connectivity index is 0.000000208. The average molecular weight is 674 g/mol. The van der Waals surface area contributed by atoms with Crippen LogP contribution in [-0.4, -0.2) is 30.3 Å². The summed E-state index contributed by atoms with van der Waals surface area (Å²) in [5.41, 5.74) is -0.0566. The van der Waals surface area contributed by atoms with Crippen molar-refractivity contribution in [2.24, 2.45) is 20.5 Å². The van der Waals surface area contributed by atoms with Crippen molar-refractivity contribution >= 4 is 55.7 Å². The van der Waals surface area contributed by atoms with Crippen LogP contribution in [0.15, 0.2) is 130 Å². The normalized spacial score (nSPS) is 10.9. The van der Waals surface area contributed by atoms with Gasteiger partial charge in [0.1, 0.15) is 45.7 Å². The number of aromatic hydroxyl groups is 4. The van der Waals surface area contributed by atoms with Gasteiger partial charge in [0.25, 0.3) is 11.4 Å². The Hall–Kier alpha value is -6.44. The SMILES string of the molecule is O=[N+]([O-])c1ccc(O)c(N=Nc2c(O)ccc3ccccc23)c1.O=[N+]([O-])c1ccc(O)c(N=Nc2c(O)ccc3ccccc23)c1.[Mn]. The second-order valence-corrected chi connectivity index (χ2v) is 9.57. The van der Waals surface area contributed by atoms with Crippen LogP contribution in [0.1, 0.15) is 0 Å². The zero-order valence-corrected chi connectivity index (χ0v) is 25.1. The maximum absolute atomic E-state index is 10.8. The Morgan fingerprint density at radius 2 is 0.830 bits per heavy atom. The van der Waals surface area contributed by atoms with Gasteiger partial charge in [-0.25, -0.2) is 0 Å². The number of benzene rings is 6. The monoisotopic (exact) mass is 673 g/mol. The van der Waals surface area contributed by atoms with E-state index in [4.69, 9.17) is 0 Å². The molecule has 14 nitrogen and oxygen atoms in total. The van der Waals surface area contributed by atoms with Crippen LogP contribution in [0.25, 0.3) is 21.5 Å². The van der Waals surface area contributed by atoms with Crippen molar-refractivity contribution in [3.8, 4) is 23.0 Å². The molecule has 6 aromatic rings. The summed E-state index contributed by atoms with van der Waals surface area (Å²) in [6.07, 6.45) is 0. The number of hydrogen-bond acceptors (Lipinski definition) is 12. The van der Waals surface area contributed by atoms with Gasteiger partial charge in [-0.2, -0.15) is 0 Å². The standard InChI is InChI=1S/2C16H11N3O4.Mn/c2*20-14-8-6-11(19(22)23)9-13(14)17-18-16-12-4-2-1-3-10(12)5-7-15(16)21;/h2*1-9,20-21H;. The van der Waals surface area contributed by atoms with Crippen LogP contribution < -0.4 is 0 Å². The van der Waals surface area contributed by atoms with E-state index in [-0.39, 0.29) is 74.2 Å². The van der Waals surface area contributed by atoms with Crippen molar-refractivity contribution in [1.82, 2.24) is 0 Å². The summed E-state index contributed by atoms with van der Waals surface area (Å²) < 4.78 is 0. The Labute approximate surface area is 275 Å². The van der Waals surface area contributed by atoms with Crippen LogP contribution in [-0.2, 0) is 17.1 Å². The molecule has 0 atom stereocenters. The molecule has 0 aromatic heterocycles. The molecule has 235 valence electrons. The van der Waals surface area contributed by atoms with Crippen LogP contribution in [0.2, 0.25) is 0 Å². The minimum atomic E-state index is -0.589. The predicted octanol–water partition coefficient (Wildman–Crippen LogP) is 9.15. The molecule has 6 aromatic carbocycles. The van der Waals surface area contributed by atoms with E-state index < -0.39 is 9.85 Å².